The fourth-order valence-electron chi connectivity index (χ4n) is 2.69. The number of carbonyl (C=O) groups excluding carboxylic acids is 3. The largest absolute Gasteiger partial charge is 0.463 e. The van der Waals surface area contributed by atoms with Crippen LogP contribution in [0.1, 0.15) is 32.6 Å². The van der Waals surface area contributed by atoms with Crippen molar-refractivity contribution in [2.45, 2.75) is 44.0 Å². The summed E-state index contributed by atoms with van der Waals surface area (Å²) < 4.78 is 19.1. The fourth-order valence-corrected chi connectivity index (χ4v) is 3.73. The predicted octanol–water partition coefficient (Wildman–Crippen LogP) is 1.76. The Labute approximate surface area is 188 Å². The van der Waals surface area contributed by atoms with Crippen molar-refractivity contribution in [1.82, 2.24) is 9.55 Å². The molecule has 0 saturated carbocycles. The third kappa shape index (κ3) is 6.09. The molecule has 0 radical (unpaired) electrons. The Bertz CT molecular complexity index is 888. The molecule has 0 aliphatic carbocycles. The lowest BCUT2D eigenvalue weighted by atomic mass is 10.2. The van der Waals surface area contributed by atoms with Gasteiger partial charge in [-0.3, -0.25) is 19.0 Å². The van der Waals surface area contributed by atoms with Gasteiger partial charge in [0.05, 0.1) is 4.83 Å². The molecule has 12 heteroatoms. The van der Waals surface area contributed by atoms with Crippen LogP contribution in [0.4, 0.5) is 5.82 Å². The Morgan fingerprint density at radius 1 is 1.34 bits per heavy atom. The molecule has 1 aromatic heterocycles. The first kappa shape index (κ1) is 23.5. The first-order valence-corrected chi connectivity index (χ1v) is 10.6. The number of halogens is 2. The van der Waals surface area contributed by atoms with Crippen LogP contribution >= 0.6 is 38.5 Å². The lowest BCUT2D eigenvalue weighted by Gasteiger charge is -2.22. The van der Waals surface area contributed by atoms with Gasteiger partial charge >= 0.3 is 17.6 Å². The normalized spacial score (nSPS) is 23.8. The van der Waals surface area contributed by atoms with Crippen molar-refractivity contribution in [1.29, 1.82) is 0 Å². The summed E-state index contributed by atoms with van der Waals surface area (Å²) in [4.78, 5) is 50.1. The van der Waals surface area contributed by atoms with Gasteiger partial charge in [0, 0.05) is 32.5 Å². The van der Waals surface area contributed by atoms with Gasteiger partial charge in [0.15, 0.2) is 12.3 Å². The highest BCUT2D eigenvalue weighted by Gasteiger charge is 2.47. The van der Waals surface area contributed by atoms with E-state index in [4.69, 9.17) is 14.2 Å². The molecule has 0 bridgehead atoms. The van der Waals surface area contributed by atoms with E-state index >= 15 is 0 Å². The summed E-state index contributed by atoms with van der Waals surface area (Å²) in [5.41, 5.74) is -0.261. The number of alkyl halides is 1. The molecule has 2 rings (SSSR count). The summed E-state index contributed by atoms with van der Waals surface area (Å²) in [6.45, 7) is 3.71. The number of ether oxygens (including phenoxy) is 3. The highest BCUT2D eigenvalue weighted by molar-refractivity contribution is 14.1. The van der Waals surface area contributed by atoms with E-state index in [1.807, 2.05) is 22.6 Å². The number of hydrogen-bond acceptors (Lipinski definition) is 8. The van der Waals surface area contributed by atoms with Gasteiger partial charge in [-0.15, -0.1) is 0 Å². The summed E-state index contributed by atoms with van der Waals surface area (Å²) in [5.74, 6) is -1.34. The quantitative estimate of drug-likeness (QED) is 0.305. The summed E-state index contributed by atoms with van der Waals surface area (Å²) in [6, 6.07) is 0. The first-order chi connectivity index (χ1) is 13.6. The number of hydrogen-bond donors (Lipinski definition) is 1. The van der Waals surface area contributed by atoms with Crippen molar-refractivity contribution in [3.8, 4) is 0 Å². The highest BCUT2D eigenvalue weighted by atomic mass is 127. The van der Waals surface area contributed by atoms with E-state index in [1.54, 1.807) is 10.2 Å². The number of nitrogens with zero attached hydrogens (tertiary/aromatic N) is 2. The van der Waals surface area contributed by atoms with E-state index in [0.717, 1.165) is 0 Å². The average Bonchev–Trinajstić information content (AvgIpc) is 2.90. The van der Waals surface area contributed by atoms with Gasteiger partial charge in [-0.1, -0.05) is 38.5 Å². The van der Waals surface area contributed by atoms with E-state index in [0.29, 0.717) is 5.56 Å². The summed E-state index contributed by atoms with van der Waals surface area (Å²) in [7, 11) is 0. The Morgan fingerprint density at radius 3 is 2.59 bits per heavy atom. The third-order valence-corrected chi connectivity index (χ3v) is 5.28. The molecule has 1 aromatic rings. The minimum absolute atomic E-state index is 0.0911. The van der Waals surface area contributed by atoms with E-state index in [-0.39, 0.29) is 18.3 Å². The number of aromatic nitrogens is 2. The minimum atomic E-state index is -1.02. The molecule has 1 amide bonds. The van der Waals surface area contributed by atoms with Crippen molar-refractivity contribution in [2.75, 3.05) is 11.9 Å². The maximum absolute atomic E-state index is 12.6. The third-order valence-electron chi connectivity index (χ3n) is 3.81. The van der Waals surface area contributed by atoms with Crippen LogP contribution in [0.25, 0.3) is 6.08 Å². The second-order valence-electron chi connectivity index (χ2n) is 6.09. The van der Waals surface area contributed by atoms with Crippen LogP contribution in [-0.4, -0.2) is 51.0 Å². The number of esters is 2. The lowest BCUT2D eigenvalue weighted by molar-refractivity contribution is -0.153. The summed E-state index contributed by atoms with van der Waals surface area (Å²) in [6.07, 6.45) is 0.531. The maximum atomic E-state index is 12.6. The van der Waals surface area contributed by atoms with Gasteiger partial charge in [0.2, 0.25) is 5.91 Å². The van der Waals surface area contributed by atoms with Crippen LogP contribution in [0, 0.1) is 0 Å². The van der Waals surface area contributed by atoms with Crippen molar-refractivity contribution in [2.24, 2.45) is 0 Å². The topological polar surface area (TPSA) is 126 Å². The fraction of sp³-hybridized carbons (Fsp3) is 0.471. The van der Waals surface area contributed by atoms with E-state index in [9.17, 15) is 19.2 Å². The van der Waals surface area contributed by atoms with Crippen LogP contribution in [-0.2, 0) is 28.6 Å². The Kier molecular flexibility index (Phi) is 8.34. The zero-order valence-corrected chi connectivity index (χ0v) is 19.5. The molecule has 2 heterocycles. The zero-order valence-electron chi connectivity index (χ0n) is 15.8. The molecule has 1 aliphatic heterocycles. The molecule has 4 atom stereocenters. The molecule has 29 heavy (non-hydrogen) atoms. The van der Waals surface area contributed by atoms with Gasteiger partial charge in [-0.2, -0.15) is 4.98 Å². The molecule has 10 nitrogen and oxygen atoms in total. The van der Waals surface area contributed by atoms with E-state index in [2.05, 4.69) is 26.2 Å². The number of rotatable bonds is 6. The van der Waals surface area contributed by atoms with Crippen molar-refractivity contribution in [3.63, 3.8) is 0 Å². The second kappa shape index (κ2) is 10.3. The molecule has 158 valence electrons. The highest BCUT2D eigenvalue weighted by Crippen LogP contribution is 2.36. The molecule has 1 fully saturated rings. The Hall–Kier alpha value is -1.80. The van der Waals surface area contributed by atoms with Crippen LogP contribution in [0.5, 0.6) is 0 Å². The van der Waals surface area contributed by atoms with Gasteiger partial charge in [0.25, 0.3) is 0 Å². The number of carbonyl (C=O) groups is 3. The van der Waals surface area contributed by atoms with E-state index in [1.165, 1.54) is 31.5 Å². The van der Waals surface area contributed by atoms with E-state index < -0.39 is 40.9 Å². The summed E-state index contributed by atoms with van der Waals surface area (Å²) in [5, 5.41) is 2.50. The first-order valence-electron chi connectivity index (χ1n) is 8.41. The van der Waals surface area contributed by atoms with Crippen LogP contribution < -0.4 is 11.0 Å². The number of amides is 1. The molecule has 1 saturated heterocycles. The Balaban J connectivity index is 2.46. The molecule has 1 N–H and O–H groups in total. The smallest absolute Gasteiger partial charge is 0.351 e. The van der Waals surface area contributed by atoms with Gasteiger partial charge < -0.3 is 19.5 Å². The molecule has 0 spiro atoms. The molecular formula is C17H19BrIN3O7. The molecule has 0 aromatic carbocycles. The minimum Gasteiger partial charge on any atom is -0.463 e. The van der Waals surface area contributed by atoms with Crippen LogP contribution in [0.3, 0.4) is 0 Å². The SMILES string of the molecule is CC(=O)Nc1nc(=O)n([C@@H]2O[C@H](COC(C)=O)[C@H](Br)[C@H]2OC(C)=O)cc1/C=C/I. The zero-order chi connectivity index (χ0) is 21.7. The maximum Gasteiger partial charge on any atom is 0.351 e. The second-order valence-corrected chi connectivity index (χ2v) is 7.87. The van der Waals surface area contributed by atoms with Crippen molar-refractivity contribution >= 4 is 68.3 Å². The van der Waals surface area contributed by atoms with Gasteiger partial charge in [0.1, 0.15) is 18.5 Å². The van der Waals surface area contributed by atoms with Gasteiger partial charge in [-0.25, -0.2) is 4.79 Å². The van der Waals surface area contributed by atoms with Gasteiger partial charge in [-0.05, 0) is 10.2 Å². The van der Waals surface area contributed by atoms with Crippen molar-refractivity contribution in [3.05, 3.63) is 26.3 Å². The lowest BCUT2D eigenvalue weighted by Crippen LogP contribution is -2.37. The Morgan fingerprint density at radius 2 is 2.03 bits per heavy atom. The molecular weight excluding hydrogens is 565 g/mol. The number of nitrogens with one attached hydrogen (secondary N) is 1. The average molecular weight is 584 g/mol. The monoisotopic (exact) mass is 583 g/mol. The standard InChI is InChI=1S/C17H19BrIN3O7/c1-8(23)20-15-11(4-5-19)6-22(17(26)21-15)16-14(28-10(3)25)13(18)12(29-16)7-27-9(2)24/h4-6,12-14,16H,7H2,1-3H3,(H,20,21,23,26)/b5-4+/t12-,13+,14-,16-/m1/s1. The van der Waals surface area contributed by atoms with Crippen LogP contribution in [0.2, 0.25) is 0 Å². The molecule has 0 unspecified atom stereocenters. The van der Waals surface area contributed by atoms with Crippen molar-refractivity contribution < 1.29 is 28.6 Å². The predicted molar refractivity (Wildman–Crippen MR) is 115 cm³/mol. The summed E-state index contributed by atoms with van der Waals surface area (Å²) >= 11 is 5.40. The van der Waals surface area contributed by atoms with Crippen LogP contribution in [0.15, 0.2) is 15.1 Å². The number of anilines is 1. The molecule has 1 aliphatic rings.